The molecule has 4 rings (SSSR count). The second-order valence-electron chi connectivity index (χ2n) is 10.4. The Kier molecular flexibility index (Phi) is 8.85. The molecule has 2 aliphatic rings. The number of sulfonamides is 1. The van der Waals surface area contributed by atoms with E-state index in [-0.39, 0.29) is 24.4 Å². The lowest BCUT2D eigenvalue weighted by Gasteiger charge is -2.30. The minimum atomic E-state index is -3.43. The lowest BCUT2D eigenvalue weighted by Crippen LogP contribution is -2.41. The molecule has 0 radical (unpaired) electrons. The zero-order valence-electron chi connectivity index (χ0n) is 22.5. The van der Waals surface area contributed by atoms with Crippen LogP contribution in [0.4, 0.5) is 0 Å². The Morgan fingerprint density at radius 2 is 1.79 bits per heavy atom. The highest BCUT2D eigenvalue weighted by Crippen LogP contribution is 2.47. The predicted molar refractivity (Wildman–Crippen MR) is 144 cm³/mol. The largest absolute Gasteiger partial charge is 0.497 e. The van der Waals surface area contributed by atoms with E-state index in [0.717, 1.165) is 11.1 Å². The molecule has 0 saturated carbocycles. The van der Waals surface area contributed by atoms with Crippen LogP contribution in [0.5, 0.6) is 17.2 Å². The van der Waals surface area contributed by atoms with E-state index in [0.29, 0.717) is 49.8 Å². The van der Waals surface area contributed by atoms with Crippen molar-refractivity contribution in [1.29, 1.82) is 0 Å². The summed E-state index contributed by atoms with van der Waals surface area (Å²) in [5.41, 5.74) is 1.72. The Labute approximate surface area is 225 Å². The molecule has 0 unspecified atom stereocenters. The van der Waals surface area contributed by atoms with Gasteiger partial charge in [0.05, 0.1) is 18.8 Å². The Bertz CT molecular complexity index is 1220. The van der Waals surface area contributed by atoms with Gasteiger partial charge in [0.15, 0.2) is 11.5 Å². The number of rotatable bonds is 12. The molecule has 2 aliphatic heterocycles. The van der Waals surface area contributed by atoms with Gasteiger partial charge in [-0.15, -0.1) is 0 Å². The first-order valence-electron chi connectivity index (χ1n) is 13.1. The molecule has 0 aromatic heterocycles. The van der Waals surface area contributed by atoms with Gasteiger partial charge in [0.2, 0.25) is 16.8 Å². The summed E-state index contributed by atoms with van der Waals surface area (Å²) in [5, 5.41) is 10.5. The lowest BCUT2D eigenvalue weighted by molar-refractivity contribution is -0.143. The normalized spacial score (nSPS) is 21.4. The first-order valence-corrected chi connectivity index (χ1v) is 14.7. The number of carboxylic acids is 1. The molecule has 0 aliphatic carbocycles. The van der Waals surface area contributed by atoms with E-state index in [4.69, 9.17) is 14.2 Å². The van der Waals surface area contributed by atoms with Gasteiger partial charge in [-0.1, -0.05) is 39.0 Å². The Morgan fingerprint density at radius 1 is 1.11 bits per heavy atom. The average molecular weight is 547 g/mol. The molecule has 38 heavy (non-hydrogen) atoms. The Hall–Kier alpha value is -2.82. The summed E-state index contributed by atoms with van der Waals surface area (Å²) in [6.45, 7) is 7.52. The molecule has 1 saturated heterocycles. The molecule has 2 heterocycles. The van der Waals surface area contributed by atoms with E-state index in [1.165, 1.54) is 0 Å². The number of carboxylic acid groups (broad SMARTS) is 1. The second-order valence-corrected chi connectivity index (χ2v) is 12.4. The van der Waals surface area contributed by atoms with E-state index in [9.17, 15) is 18.3 Å². The highest BCUT2D eigenvalue weighted by atomic mass is 32.2. The number of benzene rings is 2. The number of fused-ring (bicyclic) bond motifs is 1. The van der Waals surface area contributed by atoms with Crippen molar-refractivity contribution >= 4 is 16.0 Å². The average Bonchev–Trinajstić information content (AvgIpc) is 3.50. The summed E-state index contributed by atoms with van der Waals surface area (Å²) in [7, 11) is -1.84. The van der Waals surface area contributed by atoms with Crippen LogP contribution in [-0.2, 0) is 14.8 Å². The van der Waals surface area contributed by atoms with Crippen LogP contribution in [0.3, 0.4) is 0 Å². The van der Waals surface area contributed by atoms with Gasteiger partial charge >= 0.3 is 5.97 Å². The number of aliphatic carboxylic acids is 1. The molecule has 3 atom stereocenters. The van der Waals surface area contributed by atoms with Gasteiger partial charge in [-0.05, 0) is 47.7 Å². The third kappa shape index (κ3) is 6.08. The van der Waals surface area contributed by atoms with Crippen molar-refractivity contribution in [1.82, 2.24) is 9.21 Å². The van der Waals surface area contributed by atoms with Gasteiger partial charge in [0.25, 0.3) is 0 Å². The molecule has 10 heteroatoms. The Morgan fingerprint density at radius 3 is 2.42 bits per heavy atom. The first-order chi connectivity index (χ1) is 18.1. The Balaban J connectivity index is 1.67. The quantitative estimate of drug-likeness (QED) is 0.427. The van der Waals surface area contributed by atoms with Crippen molar-refractivity contribution in [2.45, 2.75) is 39.2 Å². The van der Waals surface area contributed by atoms with Crippen molar-refractivity contribution in [3.63, 3.8) is 0 Å². The van der Waals surface area contributed by atoms with Crippen LogP contribution >= 0.6 is 0 Å². The van der Waals surface area contributed by atoms with Crippen LogP contribution < -0.4 is 14.2 Å². The topological polar surface area (TPSA) is 106 Å². The molecule has 0 amide bonds. The molecule has 9 nitrogen and oxygen atoms in total. The van der Waals surface area contributed by atoms with Crippen molar-refractivity contribution in [2.24, 2.45) is 11.8 Å². The number of hydrogen-bond donors (Lipinski definition) is 1. The fraction of sp³-hybridized carbons (Fsp3) is 0.536. The zero-order chi connectivity index (χ0) is 27.4. The minimum absolute atomic E-state index is 0.0185. The van der Waals surface area contributed by atoms with Gasteiger partial charge in [-0.2, -0.15) is 0 Å². The molecule has 2 aromatic rings. The van der Waals surface area contributed by atoms with Gasteiger partial charge in [-0.3, -0.25) is 9.69 Å². The van der Waals surface area contributed by atoms with Crippen molar-refractivity contribution in [2.75, 3.05) is 45.8 Å². The fourth-order valence-corrected chi connectivity index (χ4v) is 7.42. The summed E-state index contributed by atoms with van der Waals surface area (Å²) < 4.78 is 44.1. The predicted octanol–water partition coefficient (Wildman–Crippen LogP) is 3.96. The van der Waals surface area contributed by atoms with E-state index in [2.05, 4.69) is 4.90 Å². The number of ether oxygens (including phenoxy) is 3. The number of likely N-dealkylation sites (tertiary alicyclic amines) is 1. The minimum Gasteiger partial charge on any atom is -0.497 e. The number of nitrogens with zero attached hydrogens (tertiary/aromatic N) is 2. The molecule has 2 aromatic carbocycles. The van der Waals surface area contributed by atoms with Crippen molar-refractivity contribution in [3.05, 3.63) is 53.6 Å². The van der Waals surface area contributed by atoms with Gasteiger partial charge in [0, 0.05) is 38.1 Å². The maximum Gasteiger partial charge on any atom is 0.309 e. The van der Waals surface area contributed by atoms with Crippen LogP contribution in [0.1, 0.15) is 50.3 Å². The maximum atomic E-state index is 13.1. The summed E-state index contributed by atoms with van der Waals surface area (Å²) in [6, 6.07) is 12.6. The SMILES string of the molecule is CCCN(CCN1C[C@@H](c2ccc3c(c2)OCO3)[C@H](C(=O)O)[C@H]1c1ccc(OC)cc1)S(=O)(=O)CC(C)C. The van der Waals surface area contributed by atoms with Crippen LogP contribution in [0.25, 0.3) is 0 Å². The number of methoxy groups -OCH3 is 1. The van der Waals surface area contributed by atoms with Crippen molar-refractivity contribution in [3.8, 4) is 17.2 Å². The third-order valence-corrected chi connectivity index (χ3v) is 9.45. The molecule has 208 valence electrons. The van der Waals surface area contributed by atoms with Crippen LogP contribution in [-0.4, -0.2) is 74.5 Å². The van der Waals surface area contributed by atoms with Crippen LogP contribution in [0, 0.1) is 11.8 Å². The van der Waals surface area contributed by atoms with Crippen molar-refractivity contribution < 1.29 is 32.5 Å². The van der Waals surface area contributed by atoms with E-state index in [1.54, 1.807) is 11.4 Å². The monoisotopic (exact) mass is 546 g/mol. The lowest BCUT2D eigenvalue weighted by atomic mass is 9.82. The summed E-state index contributed by atoms with van der Waals surface area (Å²) in [5.74, 6) is 0.0986. The second kappa shape index (κ2) is 11.9. The number of hydrogen-bond acceptors (Lipinski definition) is 7. The van der Waals surface area contributed by atoms with Crippen LogP contribution in [0.2, 0.25) is 0 Å². The highest BCUT2D eigenvalue weighted by molar-refractivity contribution is 7.89. The molecule has 1 N–H and O–H groups in total. The summed E-state index contributed by atoms with van der Waals surface area (Å²) in [6.07, 6.45) is 0.705. The van der Waals surface area contributed by atoms with Gasteiger partial charge in [-0.25, -0.2) is 12.7 Å². The van der Waals surface area contributed by atoms with E-state index < -0.39 is 28.0 Å². The smallest absolute Gasteiger partial charge is 0.309 e. The maximum absolute atomic E-state index is 13.1. The zero-order valence-corrected chi connectivity index (χ0v) is 23.3. The fourth-order valence-electron chi connectivity index (χ4n) is 5.55. The number of carbonyl (C=O) groups is 1. The van der Waals surface area contributed by atoms with Gasteiger partial charge in [0.1, 0.15) is 5.75 Å². The molecule has 0 spiro atoms. The summed E-state index contributed by atoms with van der Waals surface area (Å²) in [4.78, 5) is 14.9. The molecule has 1 fully saturated rings. The highest BCUT2D eigenvalue weighted by Gasteiger charge is 2.47. The third-order valence-electron chi connectivity index (χ3n) is 7.21. The van der Waals surface area contributed by atoms with Crippen LogP contribution in [0.15, 0.2) is 42.5 Å². The van der Waals surface area contributed by atoms with Gasteiger partial charge < -0.3 is 19.3 Å². The molecular weight excluding hydrogens is 508 g/mol. The molecule has 0 bridgehead atoms. The van der Waals surface area contributed by atoms with E-state index in [1.807, 2.05) is 63.2 Å². The standard InChI is InChI=1S/C28H38N2O7S/c1-5-12-30(38(33,34)17-19(2)3)14-13-29-16-23(21-8-11-24-25(15-21)37-18-36-24)26(28(31)32)27(29)20-6-9-22(35-4)10-7-20/h6-11,15,19,23,26-27H,5,12-14,16-18H2,1-4H3,(H,31,32)/t23-,26-,27+/m0/s1. The summed E-state index contributed by atoms with van der Waals surface area (Å²) >= 11 is 0. The first kappa shape index (κ1) is 28.2. The molecular formula is C28H38N2O7S. The van der Waals surface area contributed by atoms with E-state index >= 15 is 0 Å².